The molecule has 0 bridgehead atoms. The monoisotopic (exact) mass is 770 g/mol. The van der Waals surface area contributed by atoms with Crippen molar-refractivity contribution in [2.75, 3.05) is 0 Å². The molecule has 0 N–H and O–H groups in total. The van der Waals surface area contributed by atoms with E-state index in [0.717, 1.165) is 0 Å². The number of hydrogen-bond donors (Lipinski definition) is 0. The first-order valence-corrected chi connectivity index (χ1v) is 0. The van der Waals surface area contributed by atoms with E-state index in [1.165, 1.54) is 0 Å². The Hall–Kier alpha value is 12.7. The Bertz CT molecular complexity index is 12.5. The maximum absolute atomic E-state index is 0. The van der Waals surface area contributed by atoms with Crippen LogP contribution in [0.25, 0.3) is 0 Å². The van der Waals surface area contributed by atoms with Gasteiger partial charge in [0.15, 0.2) is 0 Å². The Labute approximate surface area is 391 Å². The normalized spacial score (nSPS) is 0. The average Bonchev–Trinajstić information content (AvgIpc) is 0. The molecule has 0 aliphatic rings. The fraction of sp³-hybridized carbons (Fsp3) is 0. The van der Waals surface area contributed by atoms with Gasteiger partial charge in [0.2, 0.25) is 0 Å². The van der Waals surface area contributed by atoms with Crippen LogP contribution in [-0.2, 0) is 0 Å². The standard InChI is InChI=1S/3Cs.3K.2Sb.12H/q6*+1;2*-3;;;;;;;;;;;;. The van der Waals surface area contributed by atoms with Crippen LogP contribution in [0.2, 0.25) is 0 Å². The molecule has 0 aromatic heterocycles. The van der Waals surface area contributed by atoms with Crippen molar-refractivity contribution in [3.05, 3.63) is 0 Å². The van der Waals surface area contributed by atoms with Crippen molar-refractivity contribution in [1.29, 1.82) is 0 Å². The number of rotatable bonds is 0. The first-order chi connectivity index (χ1) is 0. The van der Waals surface area contributed by atoms with Gasteiger partial charge in [0.05, 0.1) is 0 Å². The molecule has 8 heteroatoms. The Morgan fingerprint density at radius 2 is 0.375 bits per heavy atom. The maximum atomic E-state index is 0. The van der Waals surface area contributed by atoms with Gasteiger partial charge in [0.1, 0.15) is 0 Å². The van der Waals surface area contributed by atoms with E-state index in [-0.39, 0.29) is 410 Å². The summed E-state index contributed by atoms with van der Waals surface area (Å²) in [5.41, 5.74) is 0. The molecule has 0 heterocycles. The van der Waals surface area contributed by atoms with Gasteiger partial charge in [0, 0.05) is 0 Å². The molecule has 0 radical (unpaired) electrons. The zero-order valence-corrected chi connectivity index (χ0v) is 34.2. The molecule has 0 saturated carbocycles. The summed E-state index contributed by atoms with van der Waals surface area (Å²) >= 11 is 0. The van der Waals surface area contributed by atoms with Crippen molar-refractivity contribution < 1.29 is 361 Å². The van der Waals surface area contributed by atoms with E-state index in [4.69, 9.17) is 0 Å². The molecule has 0 nitrogen and oxygen atoms in total. The fourth-order valence-corrected chi connectivity index (χ4v) is 0. The molecule has 0 amide bonds. The molecule has 0 rings (SSSR count). The SMILES string of the molecule is [Cs+].[Cs+].[Cs+].[K+].[K+].[K+].[SbH6-3].[SbH6-3]. The molecule has 0 aromatic carbocycles. The van der Waals surface area contributed by atoms with Crippen LogP contribution < -0.4 is 361 Å². The van der Waals surface area contributed by atoms with Gasteiger partial charge in [-0.3, -0.25) is 0 Å². The summed E-state index contributed by atoms with van der Waals surface area (Å²) in [6, 6.07) is 0. The second-order valence-corrected chi connectivity index (χ2v) is 0. The topological polar surface area (TPSA) is 0 Å². The molecule has 0 aliphatic carbocycles. The van der Waals surface area contributed by atoms with E-state index in [1.54, 1.807) is 0 Å². The minimum atomic E-state index is 0. The summed E-state index contributed by atoms with van der Waals surface area (Å²) in [6.45, 7) is 0. The first kappa shape index (κ1) is 49.8. The predicted octanol–water partition coefficient (Wildman–Crippen LogP) is -22.0. The van der Waals surface area contributed by atoms with Gasteiger partial charge in [-0.2, -0.15) is 0 Å². The van der Waals surface area contributed by atoms with Crippen molar-refractivity contribution >= 4 is 48.9 Å². The zero-order chi connectivity index (χ0) is 0. The van der Waals surface area contributed by atoms with E-state index in [1.807, 2.05) is 0 Å². The van der Waals surface area contributed by atoms with Gasteiger partial charge in [0.25, 0.3) is 0 Å². The van der Waals surface area contributed by atoms with Crippen molar-refractivity contribution in [3.63, 3.8) is 0 Å². The molecule has 28 valence electrons. The molecule has 0 aliphatic heterocycles. The predicted molar refractivity (Wildman–Crippen MR) is 28.2 cm³/mol. The van der Waals surface area contributed by atoms with Gasteiger partial charge in [-0.25, -0.2) is 0 Å². The van der Waals surface area contributed by atoms with Gasteiger partial charge < -0.3 is 0 Å². The third-order valence-electron chi connectivity index (χ3n) is 0. The van der Waals surface area contributed by atoms with Crippen LogP contribution in [0.1, 0.15) is 0 Å². The second-order valence-electron chi connectivity index (χ2n) is 0. The van der Waals surface area contributed by atoms with E-state index >= 15 is 0 Å². The first-order valence-electron chi connectivity index (χ1n) is 0. The Kier molecular flexibility index (Phi) is 266. The van der Waals surface area contributed by atoms with Crippen LogP contribution in [0.5, 0.6) is 0 Å². The van der Waals surface area contributed by atoms with Crippen LogP contribution in [-0.4, -0.2) is 48.9 Å². The molecular formula is H12Cs3K3Sb2. The minimum absolute atomic E-state index is 0. The van der Waals surface area contributed by atoms with E-state index < -0.39 is 0 Å². The van der Waals surface area contributed by atoms with Crippen molar-refractivity contribution in [2.45, 2.75) is 0 Å². The fourth-order valence-electron chi connectivity index (χ4n) is 0. The molecule has 0 aromatic rings. The number of hydrogen-bond acceptors (Lipinski definition) is 0. The quantitative estimate of drug-likeness (QED) is 0.215. The molecular weight excluding hydrogens is 760 g/mol. The third-order valence-corrected chi connectivity index (χ3v) is 0. The Morgan fingerprint density at radius 3 is 0.375 bits per heavy atom. The molecule has 0 saturated heterocycles. The van der Waals surface area contributed by atoms with Crippen molar-refractivity contribution in [1.82, 2.24) is 0 Å². The van der Waals surface area contributed by atoms with Gasteiger partial charge in [-0.1, -0.05) is 0 Å². The van der Waals surface area contributed by atoms with Crippen LogP contribution in [0, 0.1) is 0 Å². The van der Waals surface area contributed by atoms with Crippen LogP contribution in [0.3, 0.4) is 0 Å². The summed E-state index contributed by atoms with van der Waals surface area (Å²) in [7, 11) is 0. The van der Waals surface area contributed by atoms with Crippen molar-refractivity contribution in [2.24, 2.45) is 0 Å². The van der Waals surface area contributed by atoms with E-state index in [9.17, 15) is 0 Å². The van der Waals surface area contributed by atoms with Gasteiger partial charge in [-0.05, 0) is 0 Å². The van der Waals surface area contributed by atoms with E-state index in [0.29, 0.717) is 0 Å². The molecule has 8 heavy (non-hydrogen) atoms. The summed E-state index contributed by atoms with van der Waals surface area (Å²) < 4.78 is 0. The van der Waals surface area contributed by atoms with Crippen molar-refractivity contribution in [3.8, 4) is 0 Å². The molecule has 0 fully saturated rings. The third kappa shape index (κ3) is 36.3. The summed E-state index contributed by atoms with van der Waals surface area (Å²) in [6.07, 6.45) is 0. The van der Waals surface area contributed by atoms with Crippen LogP contribution in [0.15, 0.2) is 0 Å². The molecule has 0 atom stereocenters. The summed E-state index contributed by atoms with van der Waals surface area (Å²) in [5, 5.41) is 0. The average molecular weight is 772 g/mol. The Morgan fingerprint density at radius 1 is 0.375 bits per heavy atom. The van der Waals surface area contributed by atoms with Gasteiger partial charge in [-0.15, -0.1) is 0 Å². The van der Waals surface area contributed by atoms with Crippen LogP contribution in [0.4, 0.5) is 0 Å². The zero-order valence-electron chi connectivity index (χ0n) is 6.00. The van der Waals surface area contributed by atoms with Crippen LogP contribution >= 0.6 is 0 Å². The Balaban J connectivity index is 0. The summed E-state index contributed by atoms with van der Waals surface area (Å²) in [4.78, 5) is 0. The van der Waals surface area contributed by atoms with E-state index in [2.05, 4.69) is 0 Å². The molecule has 0 spiro atoms. The molecule has 0 unspecified atom stereocenters. The summed E-state index contributed by atoms with van der Waals surface area (Å²) in [5.74, 6) is 0. The van der Waals surface area contributed by atoms with Gasteiger partial charge >= 0.3 is 410 Å². The second kappa shape index (κ2) is 42.7.